The van der Waals surface area contributed by atoms with Crippen molar-refractivity contribution in [1.29, 1.82) is 0 Å². The average Bonchev–Trinajstić information content (AvgIpc) is 3.25. The number of amides is 4. The van der Waals surface area contributed by atoms with Crippen LogP contribution in [0.4, 0.5) is 23.0 Å². The summed E-state index contributed by atoms with van der Waals surface area (Å²) in [4.78, 5) is 57.1. The summed E-state index contributed by atoms with van der Waals surface area (Å²) in [7, 11) is -7.76. The SMILES string of the molecule is C/C(=C/C(=O)Nc1ccc(-c2ccccc2S(N)(=O)=O)cc1)C(=O)Nc1ccc(Br)cn1.C/C(=C/C(=O)Nc1ccc(Br)cn1)C(=O)Nc1ccc(-c2ccccc2S(N)(=O)=O)cc1. The summed E-state index contributed by atoms with van der Waals surface area (Å²) in [6.45, 7) is 3.03. The summed E-state index contributed by atoms with van der Waals surface area (Å²) in [6, 6.07) is 32.7. The van der Waals surface area contributed by atoms with E-state index in [1.54, 1.807) is 122 Å². The Morgan fingerprint density at radius 3 is 1.28 bits per heavy atom. The predicted octanol–water partition coefficient (Wildman–Crippen LogP) is 7.36. The largest absolute Gasteiger partial charge is 0.323 e. The summed E-state index contributed by atoms with van der Waals surface area (Å²) >= 11 is 6.52. The number of nitrogens with zero attached hydrogens (tertiary/aromatic N) is 2. The maximum Gasteiger partial charge on any atom is 0.252 e. The first-order chi connectivity index (χ1) is 30.3. The number of hydrogen-bond acceptors (Lipinski definition) is 10. The van der Waals surface area contributed by atoms with Crippen molar-refractivity contribution in [3.05, 3.63) is 166 Å². The monoisotopic (exact) mass is 1030 g/mol. The smallest absolute Gasteiger partial charge is 0.252 e. The molecule has 328 valence electrons. The van der Waals surface area contributed by atoms with Gasteiger partial charge in [-0.25, -0.2) is 37.1 Å². The third-order valence-electron chi connectivity index (χ3n) is 8.66. The molecule has 6 aromatic rings. The van der Waals surface area contributed by atoms with Crippen LogP contribution in [0.1, 0.15) is 13.8 Å². The van der Waals surface area contributed by atoms with Crippen molar-refractivity contribution >= 4 is 98.5 Å². The first kappa shape index (κ1) is 48.4. The lowest BCUT2D eigenvalue weighted by molar-refractivity contribution is -0.114. The van der Waals surface area contributed by atoms with Crippen LogP contribution >= 0.6 is 31.9 Å². The highest BCUT2D eigenvalue weighted by Crippen LogP contribution is 2.29. The van der Waals surface area contributed by atoms with E-state index in [0.717, 1.165) is 8.95 Å². The first-order valence-corrected chi connectivity index (χ1v) is 23.2. The van der Waals surface area contributed by atoms with E-state index < -0.39 is 43.7 Å². The van der Waals surface area contributed by atoms with Gasteiger partial charge in [-0.2, -0.15) is 0 Å². The molecule has 0 radical (unpaired) electrons. The fourth-order valence-electron chi connectivity index (χ4n) is 5.58. The minimum Gasteiger partial charge on any atom is -0.323 e. The number of nitrogens with one attached hydrogen (secondary N) is 4. The number of sulfonamides is 2. The maximum absolute atomic E-state index is 12.4. The number of rotatable bonds is 12. The van der Waals surface area contributed by atoms with Gasteiger partial charge in [-0.15, -0.1) is 0 Å². The molecule has 20 heteroatoms. The molecule has 0 saturated heterocycles. The van der Waals surface area contributed by atoms with Gasteiger partial charge >= 0.3 is 0 Å². The minimum absolute atomic E-state index is 0.0154. The Labute approximate surface area is 385 Å². The van der Waals surface area contributed by atoms with Gasteiger partial charge in [0.2, 0.25) is 31.9 Å². The number of primary sulfonamides is 2. The molecule has 0 aliphatic carbocycles. The predicted molar refractivity (Wildman–Crippen MR) is 252 cm³/mol. The molecule has 2 aromatic heterocycles. The van der Waals surface area contributed by atoms with E-state index >= 15 is 0 Å². The molecular weight excluding hydrogens is 992 g/mol. The second-order valence-electron chi connectivity index (χ2n) is 13.5. The lowest BCUT2D eigenvalue weighted by atomic mass is 10.1. The van der Waals surface area contributed by atoms with Crippen molar-refractivity contribution in [2.45, 2.75) is 23.6 Å². The zero-order valence-electron chi connectivity index (χ0n) is 33.7. The van der Waals surface area contributed by atoms with Gasteiger partial charge in [-0.1, -0.05) is 60.7 Å². The molecule has 16 nitrogen and oxygen atoms in total. The topological polar surface area (TPSA) is 262 Å². The van der Waals surface area contributed by atoms with Crippen LogP contribution in [0.2, 0.25) is 0 Å². The molecule has 64 heavy (non-hydrogen) atoms. The van der Waals surface area contributed by atoms with Gasteiger partial charge in [0.1, 0.15) is 11.6 Å². The lowest BCUT2D eigenvalue weighted by Crippen LogP contribution is -2.16. The number of aromatic nitrogens is 2. The van der Waals surface area contributed by atoms with E-state index in [-0.39, 0.29) is 20.9 Å². The summed E-state index contributed by atoms with van der Waals surface area (Å²) in [6.07, 6.45) is 5.45. The fourth-order valence-corrected chi connectivity index (χ4v) is 7.57. The summed E-state index contributed by atoms with van der Waals surface area (Å²) < 4.78 is 48.8. The second-order valence-corrected chi connectivity index (χ2v) is 18.4. The Bertz CT molecular complexity index is 2990. The fraction of sp³-hybridized carbons (Fsp3) is 0.0455. The van der Waals surface area contributed by atoms with E-state index in [9.17, 15) is 36.0 Å². The van der Waals surface area contributed by atoms with Crippen LogP contribution in [-0.2, 0) is 39.2 Å². The third-order valence-corrected chi connectivity index (χ3v) is 11.5. The van der Waals surface area contributed by atoms with Crippen LogP contribution in [0.3, 0.4) is 0 Å². The molecule has 4 amide bonds. The maximum atomic E-state index is 12.4. The lowest BCUT2D eigenvalue weighted by Gasteiger charge is -2.10. The average molecular weight is 1030 g/mol. The minimum atomic E-state index is -3.88. The van der Waals surface area contributed by atoms with Gasteiger partial charge in [-0.3, -0.25) is 19.2 Å². The highest BCUT2D eigenvalue weighted by Gasteiger charge is 2.17. The molecule has 6 rings (SSSR count). The summed E-state index contributed by atoms with van der Waals surface area (Å²) in [5.41, 5.74) is 3.53. The van der Waals surface area contributed by atoms with E-state index in [1.165, 1.54) is 38.1 Å². The van der Waals surface area contributed by atoms with Gasteiger partial charge in [0.25, 0.3) is 11.8 Å². The number of hydrogen-bond donors (Lipinski definition) is 6. The Morgan fingerprint density at radius 1 is 0.500 bits per heavy atom. The van der Waals surface area contributed by atoms with Gasteiger partial charge < -0.3 is 21.3 Å². The van der Waals surface area contributed by atoms with Crippen molar-refractivity contribution in [3.63, 3.8) is 0 Å². The zero-order chi connectivity index (χ0) is 46.6. The van der Waals surface area contributed by atoms with Crippen molar-refractivity contribution < 1.29 is 36.0 Å². The Morgan fingerprint density at radius 2 is 0.875 bits per heavy atom. The summed E-state index contributed by atoms with van der Waals surface area (Å²) in [5, 5.41) is 21.1. The van der Waals surface area contributed by atoms with Crippen molar-refractivity contribution in [1.82, 2.24) is 9.97 Å². The molecule has 0 aliphatic heterocycles. The van der Waals surface area contributed by atoms with E-state index in [1.807, 2.05) is 0 Å². The molecule has 8 N–H and O–H groups in total. The van der Waals surface area contributed by atoms with Crippen LogP contribution in [0.5, 0.6) is 0 Å². The van der Waals surface area contributed by atoms with Gasteiger partial charge in [0.15, 0.2) is 0 Å². The third kappa shape index (κ3) is 14.2. The standard InChI is InChI=1S/2C22H19BrN4O4S/c1-14(12-21(28)27-20-11-8-16(23)13-25-20)22(29)26-17-9-6-15(7-10-17)18-4-2-3-5-19(18)32(24,30)31;1-14(22(29)27-20-11-8-16(23)13-25-20)12-21(28)26-17-9-6-15(7-10-17)18-4-2-3-5-19(18)32(24,30)31/h2-13H,1H3,(H,26,29)(H2,24,30,31)(H,25,27,28);2-13H,1H3,(H,26,28)(H2,24,30,31)(H,25,27,29)/b2*14-12-. The van der Waals surface area contributed by atoms with Crippen LogP contribution in [0.25, 0.3) is 22.3 Å². The van der Waals surface area contributed by atoms with Gasteiger partial charge in [0, 0.05) is 67.1 Å². The molecule has 0 fully saturated rings. The number of anilines is 4. The number of benzene rings is 4. The van der Waals surface area contributed by atoms with Crippen LogP contribution in [0.15, 0.2) is 176 Å². The first-order valence-electron chi connectivity index (χ1n) is 18.6. The number of nitrogens with two attached hydrogens (primary N) is 2. The van der Waals surface area contributed by atoms with Crippen molar-refractivity contribution in [3.8, 4) is 22.3 Å². The number of pyridine rings is 2. The molecule has 4 aromatic carbocycles. The molecule has 0 saturated carbocycles. The van der Waals surface area contributed by atoms with E-state index in [4.69, 9.17) is 10.3 Å². The number of halogens is 2. The second kappa shape index (κ2) is 21.6. The quantitative estimate of drug-likeness (QED) is 0.0663. The van der Waals surface area contributed by atoms with E-state index in [2.05, 4.69) is 63.1 Å². The Hall–Kier alpha value is -6.68. The van der Waals surface area contributed by atoms with E-state index in [0.29, 0.717) is 45.3 Å². The molecule has 2 heterocycles. The van der Waals surface area contributed by atoms with Crippen molar-refractivity contribution in [2.75, 3.05) is 21.3 Å². The normalized spacial score (nSPS) is 11.7. The van der Waals surface area contributed by atoms with Crippen LogP contribution < -0.4 is 31.5 Å². The molecule has 0 bridgehead atoms. The Balaban J connectivity index is 0.000000241. The van der Waals surface area contributed by atoms with Crippen LogP contribution in [0, 0.1) is 0 Å². The van der Waals surface area contributed by atoms with Gasteiger partial charge in [-0.05, 0) is 117 Å². The molecule has 0 unspecified atom stereocenters. The Kier molecular flexibility index (Phi) is 16.3. The molecule has 0 atom stereocenters. The molecule has 0 aliphatic rings. The van der Waals surface area contributed by atoms with Crippen molar-refractivity contribution in [2.24, 2.45) is 10.3 Å². The summed E-state index contributed by atoms with van der Waals surface area (Å²) in [5.74, 6) is -1.16. The molecular formula is C44H38Br2N8O8S2. The zero-order valence-corrected chi connectivity index (χ0v) is 38.5. The highest BCUT2D eigenvalue weighted by atomic mass is 79.9. The molecule has 0 spiro atoms. The highest BCUT2D eigenvalue weighted by molar-refractivity contribution is 9.10. The number of carbonyl (C=O) groups is 4. The number of carbonyl (C=O) groups excluding carboxylic acids is 4. The van der Waals surface area contributed by atoms with Crippen LogP contribution in [-0.4, -0.2) is 50.4 Å². The van der Waals surface area contributed by atoms with Gasteiger partial charge in [0.05, 0.1) is 9.79 Å².